The van der Waals surface area contributed by atoms with E-state index < -0.39 is 11.8 Å². The van der Waals surface area contributed by atoms with E-state index in [2.05, 4.69) is 0 Å². The Balaban J connectivity index is 2.14. The van der Waals surface area contributed by atoms with E-state index in [-0.39, 0.29) is 0 Å². The van der Waals surface area contributed by atoms with Gasteiger partial charge in [-0.25, -0.2) is 5.48 Å². The lowest BCUT2D eigenvalue weighted by atomic mass is 9.98. The van der Waals surface area contributed by atoms with Crippen LogP contribution in [0.3, 0.4) is 0 Å². The Morgan fingerprint density at radius 2 is 1.77 bits per heavy atom. The summed E-state index contributed by atoms with van der Waals surface area (Å²) >= 11 is 0. The van der Waals surface area contributed by atoms with E-state index in [0.29, 0.717) is 12.0 Å². The largest absolute Gasteiger partial charge is 0.366 e. The molecular weight excluding hydrogens is 280 g/mol. The first kappa shape index (κ1) is 15.5. The molecule has 0 heterocycles. The molecule has 0 radical (unpaired) electrons. The smallest absolute Gasteiger partial charge is 0.267 e. The number of carbonyl (C=O) groups excluding carboxylic acids is 2. The number of hydrogen-bond acceptors (Lipinski definition) is 3. The maximum atomic E-state index is 11.4. The average molecular weight is 296 g/mol. The number of nitrogens with two attached hydrogens (primary N) is 1. The fourth-order valence-corrected chi connectivity index (χ4v) is 2.09. The number of carbonyl (C=O) groups is 2. The third-order valence-electron chi connectivity index (χ3n) is 3.19. The van der Waals surface area contributed by atoms with Crippen LogP contribution in [0.2, 0.25) is 0 Å². The summed E-state index contributed by atoms with van der Waals surface area (Å²) in [5.41, 5.74) is 10.1. The Bertz CT molecular complexity index is 706. The molecule has 0 saturated carbocycles. The third kappa shape index (κ3) is 4.04. The Kier molecular flexibility index (Phi) is 5.06. The molecule has 0 unspecified atom stereocenters. The number of amides is 2. The van der Waals surface area contributed by atoms with Gasteiger partial charge in [0.15, 0.2) is 0 Å². The molecule has 22 heavy (non-hydrogen) atoms. The topological polar surface area (TPSA) is 92.4 Å². The molecule has 2 aromatic rings. The van der Waals surface area contributed by atoms with Gasteiger partial charge in [0.1, 0.15) is 0 Å². The van der Waals surface area contributed by atoms with Gasteiger partial charge < -0.3 is 5.73 Å². The predicted molar refractivity (Wildman–Crippen MR) is 83.2 cm³/mol. The lowest BCUT2D eigenvalue weighted by molar-refractivity contribution is -0.124. The van der Waals surface area contributed by atoms with Crippen LogP contribution in [0.1, 0.15) is 27.0 Å². The highest BCUT2D eigenvalue weighted by Crippen LogP contribution is 2.15. The van der Waals surface area contributed by atoms with Crippen molar-refractivity contribution in [1.29, 1.82) is 0 Å². The highest BCUT2D eigenvalue weighted by atomic mass is 16.5. The van der Waals surface area contributed by atoms with Crippen LogP contribution in [-0.4, -0.2) is 17.0 Å². The summed E-state index contributed by atoms with van der Waals surface area (Å²) in [6.45, 7) is 0. The minimum Gasteiger partial charge on any atom is -0.366 e. The molecule has 4 N–H and O–H groups in total. The molecule has 0 aliphatic heterocycles. The fourth-order valence-electron chi connectivity index (χ4n) is 2.09. The van der Waals surface area contributed by atoms with Gasteiger partial charge in [-0.15, -0.1) is 0 Å². The minimum atomic E-state index is -0.584. The van der Waals surface area contributed by atoms with Gasteiger partial charge >= 0.3 is 0 Å². The van der Waals surface area contributed by atoms with E-state index in [1.165, 1.54) is 11.6 Å². The van der Waals surface area contributed by atoms with Crippen molar-refractivity contribution in [2.24, 2.45) is 5.73 Å². The van der Waals surface area contributed by atoms with E-state index in [9.17, 15) is 9.59 Å². The molecule has 0 aliphatic carbocycles. The zero-order chi connectivity index (χ0) is 15.9. The van der Waals surface area contributed by atoms with Crippen LogP contribution in [0.25, 0.3) is 6.08 Å². The summed E-state index contributed by atoms with van der Waals surface area (Å²) in [6, 6.07) is 14.8. The van der Waals surface area contributed by atoms with Crippen molar-refractivity contribution in [2.75, 3.05) is 0 Å². The van der Waals surface area contributed by atoms with Gasteiger partial charge in [0.2, 0.25) is 5.91 Å². The van der Waals surface area contributed by atoms with E-state index in [0.717, 1.165) is 16.7 Å². The zero-order valence-corrected chi connectivity index (χ0v) is 11.8. The SMILES string of the molecule is NC(=O)c1ccccc1Cc1ccc(C=CC(=O)NO)cc1. The zero-order valence-electron chi connectivity index (χ0n) is 11.8. The number of nitrogens with one attached hydrogen (secondary N) is 1. The molecule has 5 heteroatoms. The number of rotatable bonds is 5. The van der Waals surface area contributed by atoms with Crippen LogP contribution in [0.5, 0.6) is 0 Å². The van der Waals surface area contributed by atoms with Crippen molar-refractivity contribution in [1.82, 2.24) is 5.48 Å². The lowest BCUT2D eigenvalue weighted by Gasteiger charge is -2.07. The van der Waals surface area contributed by atoms with Crippen molar-refractivity contribution in [3.63, 3.8) is 0 Å². The van der Waals surface area contributed by atoms with Crippen molar-refractivity contribution in [3.05, 3.63) is 76.9 Å². The quantitative estimate of drug-likeness (QED) is 0.447. The normalized spacial score (nSPS) is 10.6. The molecule has 0 aromatic heterocycles. The molecule has 0 saturated heterocycles. The summed E-state index contributed by atoms with van der Waals surface area (Å²) < 4.78 is 0. The van der Waals surface area contributed by atoms with Crippen LogP contribution < -0.4 is 11.2 Å². The molecule has 0 aliphatic rings. The minimum absolute atomic E-state index is 0.440. The average Bonchev–Trinajstić information content (AvgIpc) is 2.54. The molecule has 5 nitrogen and oxygen atoms in total. The number of hydrogen-bond donors (Lipinski definition) is 3. The van der Waals surface area contributed by atoms with Crippen molar-refractivity contribution >= 4 is 17.9 Å². The molecule has 0 fully saturated rings. The summed E-state index contributed by atoms with van der Waals surface area (Å²) in [4.78, 5) is 22.3. The van der Waals surface area contributed by atoms with Gasteiger partial charge in [-0.3, -0.25) is 14.8 Å². The first-order valence-electron chi connectivity index (χ1n) is 6.69. The van der Waals surface area contributed by atoms with Crippen LogP contribution >= 0.6 is 0 Å². The lowest BCUT2D eigenvalue weighted by Crippen LogP contribution is -2.14. The van der Waals surface area contributed by atoms with Crippen LogP contribution in [0, 0.1) is 0 Å². The highest BCUT2D eigenvalue weighted by Gasteiger charge is 2.07. The highest BCUT2D eigenvalue weighted by molar-refractivity contribution is 5.94. The first-order chi connectivity index (χ1) is 10.6. The first-order valence-corrected chi connectivity index (χ1v) is 6.69. The second kappa shape index (κ2) is 7.19. The van der Waals surface area contributed by atoms with Gasteiger partial charge in [-0.1, -0.05) is 42.5 Å². The third-order valence-corrected chi connectivity index (χ3v) is 3.19. The van der Waals surface area contributed by atoms with E-state index >= 15 is 0 Å². The van der Waals surface area contributed by atoms with Crippen molar-refractivity contribution in [3.8, 4) is 0 Å². The predicted octanol–water partition coefficient (Wildman–Crippen LogP) is 1.89. The van der Waals surface area contributed by atoms with Gasteiger partial charge in [-0.2, -0.15) is 0 Å². The van der Waals surface area contributed by atoms with Gasteiger partial charge in [-0.05, 0) is 35.3 Å². The van der Waals surface area contributed by atoms with Gasteiger partial charge in [0, 0.05) is 11.6 Å². The molecular formula is C17H16N2O3. The van der Waals surface area contributed by atoms with Crippen LogP contribution in [-0.2, 0) is 11.2 Å². The van der Waals surface area contributed by atoms with Gasteiger partial charge in [0.25, 0.3) is 5.91 Å². The number of benzene rings is 2. The fraction of sp³-hybridized carbons (Fsp3) is 0.0588. The maximum Gasteiger partial charge on any atom is 0.267 e. The Hall–Kier alpha value is -2.92. The van der Waals surface area contributed by atoms with Crippen molar-refractivity contribution in [2.45, 2.75) is 6.42 Å². The summed E-state index contributed by atoms with van der Waals surface area (Å²) in [7, 11) is 0. The van der Waals surface area contributed by atoms with E-state index in [4.69, 9.17) is 10.9 Å². The molecule has 112 valence electrons. The Morgan fingerprint density at radius 3 is 2.41 bits per heavy atom. The van der Waals surface area contributed by atoms with Crippen LogP contribution in [0.4, 0.5) is 0 Å². The Labute approximate surface area is 128 Å². The van der Waals surface area contributed by atoms with E-state index in [1.54, 1.807) is 18.2 Å². The van der Waals surface area contributed by atoms with Crippen molar-refractivity contribution < 1.29 is 14.8 Å². The molecule has 2 amide bonds. The standard InChI is InChI=1S/C17H16N2O3/c18-17(21)15-4-2-1-3-14(15)11-13-7-5-12(6-8-13)9-10-16(20)19-22/h1-10,22H,11H2,(H2,18,21)(H,19,20). The molecule has 0 bridgehead atoms. The molecule has 2 aromatic carbocycles. The summed E-state index contributed by atoms with van der Waals surface area (Å²) in [5, 5.41) is 8.40. The van der Waals surface area contributed by atoms with E-state index in [1.807, 2.05) is 36.4 Å². The number of hydroxylamine groups is 1. The summed E-state index contributed by atoms with van der Waals surface area (Å²) in [5.74, 6) is -1.02. The van der Waals surface area contributed by atoms with Gasteiger partial charge in [0.05, 0.1) is 0 Å². The molecule has 0 atom stereocenters. The maximum absolute atomic E-state index is 11.4. The molecule has 0 spiro atoms. The second-order valence-corrected chi connectivity index (χ2v) is 4.75. The monoisotopic (exact) mass is 296 g/mol. The molecule has 2 rings (SSSR count). The Morgan fingerprint density at radius 1 is 1.09 bits per heavy atom. The number of primary amides is 1. The van der Waals surface area contributed by atoms with Crippen LogP contribution in [0.15, 0.2) is 54.6 Å². The summed E-state index contributed by atoms with van der Waals surface area (Å²) in [6.07, 6.45) is 3.42. The second-order valence-electron chi connectivity index (χ2n) is 4.75.